The minimum atomic E-state index is -1.72. The van der Waals surface area contributed by atoms with Crippen LogP contribution in [-0.2, 0) is 19.1 Å². The van der Waals surface area contributed by atoms with Gasteiger partial charge in [0.2, 0.25) is 11.8 Å². The lowest BCUT2D eigenvalue weighted by Gasteiger charge is -2.31. The molecule has 0 bridgehead atoms. The third kappa shape index (κ3) is 3.05. The zero-order chi connectivity index (χ0) is 21.3. The first-order valence-corrected chi connectivity index (χ1v) is 9.53. The number of carbonyl (C=O) groups excluding carboxylic acids is 3. The lowest BCUT2D eigenvalue weighted by atomic mass is 9.79. The van der Waals surface area contributed by atoms with Crippen molar-refractivity contribution in [2.24, 2.45) is 11.8 Å². The molecule has 9 heteroatoms. The van der Waals surface area contributed by atoms with E-state index in [1.807, 2.05) is 0 Å². The summed E-state index contributed by atoms with van der Waals surface area (Å²) in [6.07, 6.45) is 0. The lowest BCUT2D eigenvalue weighted by Crippen LogP contribution is -2.59. The number of rotatable bonds is 7. The molecule has 0 unspecified atom stereocenters. The quantitative estimate of drug-likeness (QED) is 0.490. The molecular weight excluding hydrogens is 380 g/mol. The number of hydrogen-bond acceptors (Lipinski definition) is 8. The number of hydrogen-bond donors (Lipinski definition) is 2. The predicted molar refractivity (Wildman–Crippen MR) is 101 cm³/mol. The average Bonchev–Trinajstić information content (AvgIpc) is 3.21. The maximum Gasteiger partial charge on any atom is 0.329 e. The number of ether oxygens (including phenoxy) is 3. The van der Waals surface area contributed by atoms with Crippen molar-refractivity contribution in [3.8, 4) is 11.5 Å². The van der Waals surface area contributed by atoms with Crippen LogP contribution in [0.5, 0.6) is 11.5 Å². The van der Waals surface area contributed by atoms with Crippen molar-refractivity contribution < 1.29 is 33.7 Å². The van der Waals surface area contributed by atoms with Crippen molar-refractivity contribution in [1.82, 2.24) is 10.2 Å². The molecule has 2 N–H and O–H groups in total. The number of carbonyl (C=O) groups is 3. The van der Waals surface area contributed by atoms with Gasteiger partial charge in [0.1, 0.15) is 11.5 Å². The fraction of sp³-hybridized carbons (Fsp3) is 0.550. The molecule has 2 aliphatic rings. The second-order valence-electron chi connectivity index (χ2n) is 7.00. The summed E-state index contributed by atoms with van der Waals surface area (Å²) in [6.45, 7) is 2.91. The van der Waals surface area contributed by atoms with E-state index in [1.54, 1.807) is 32.0 Å². The van der Waals surface area contributed by atoms with Gasteiger partial charge in [-0.05, 0) is 19.9 Å². The van der Waals surface area contributed by atoms with Crippen molar-refractivity contribution in [1.29, 1.82) is 0 Å². The molecule has 4 atom stereocenters. The van der Waals surface area contributed by atoms with Gasteiger partial charge in [0.25, 0.3) is 0 Å². The fourth-order valence-electron chi connectivity index (χ4n) is 4.37. The summed E-state index contributed by atoms with van der Waals surface area (Å²) in [6, 6.07) is 4.35. The van der Waals surface area contributed by atoms with E-state index in [0.29, 0.717) is 17.1 Å². The zero-order valence-electron chi connectivity index (χ0n) is 16.9. The van der Waals surface area contributed by atoms with Gasteiger partial charge in [-0.3, -0.25) is 19.8 Å². The van der Waals surface area contributed by atoms with Gasteiger partial charge in [-0.1, -0.05) is 6.07 Å². The number of imide groups is 1. The van der Waals surface area contributed by atoms with Gasteiger partial charge in [0.15, 0.2) is 5.54 Å². The van der Waals surface area contributed by atoms with Gasteiger partial charge >= 0.3 is 5.97 Å². The molecule has 29 heavy (non-hydrogen) atoms. The van der Waals surface area contributed by atoms with E-state index < -0.39 is 47.8 Å². The number of likely N-dealkylation sites (tertiary alicyclic amines) is 1. The van der Waals surface area contributed by atoms with E-state index in [9.17, 15) is 19.5 Å². The largest absolute Gasteiger partial charge is 0.497 e. The van der Waals surface area contributed by atoms with Crippen LogP contribution in [0.1, 0.15) is 25.5 Å². The Hall–Kier alpha value is -2.65. The highest BCUT2D eigenvalue weighted by Crippen LogP contribution is 2.50. The highest BCUT2D eigenvalue weighted by molar-refractivity contribution is 6.09. The molecule has 2 saturated heterocycles. The minimum absolute atomic E-state index is 0.0792. The number of amides is 2. The predicted octanol–water partition coefficient (Wildman–Crippen LogP) is 0.263. The van der Waals surface area contributed by atoms with E-state index in [2.05, 4.69) is 5.32 Å². The second-order valence-corrected chi connectivity index (χ2v) is 7.00. The smallest absolute Gasteiger partial charge is 0.329 e. The molecule has 0 aliphatic carbocycles. The standard InChI is InChI=1S/C20H26N2O7/c1-5-22-17(24)14-15(18(22)25)20(10-23,19(26)29-6-2)21-16(14)12-8-7-11(27-3)9-13(12)28-4/h7-9,14-16,21,23H,5-6,10H2,1-4H3/t14-,15+,16+,20-/m1/s1. The number of nitrogens with zero attached hydrogens (tertiary/aromatic N) is 1. The molecular formula is C20H26N2O7. The van der Waals surface area contributed by atoms with E-state index in [0.717, 1.165) is 4.90 Å². The molecule has 2 amide bonds. The van der Waals surface area contributed by atoms with Gasteiger partial charge in [-0.15, -0.1) is 0 Å². The van der Waals surface area contributed by atoms with Crippen molar-refractivity contribution in [2.75, 3.05) is 34.0 Å². The Labute approximate surface area is 168 Å². The Bertz CT molecular complexity index is 827. The number of benzene rings is 1. The molecule has 0 radical (unpaired) electrons. The summed E-state index contributed by atoms with van der Waals surface area (Å²) in [4.78, 5) is 40.1. The van der Waals surface area contributed by atoms with Gasteiger partial charge in [-0.2, -0.15) is 0 Å². The topological polar surface area (TPSA) is 114 Å². The van der Waals surface area contributed by atoms with Crippen LogP contribution in [0, 0.1) is 11.8 Å². The molecule has 2 aliphatic heterocycles. The Balaban J connectivity index is 2.16. The number of nitrogens with one attached hydrogen (secondary N) is 1. The highest BCUT2D eigenvalue weighted by Gasteiger charge is 2.68. The first kappa shape index (κ1) is 21.1. The molecule has 1 aromatic carbocycles. The summed E-state index contributed by atoms with van der Waals surface area (Å²) >= 11 is 0. The van der Waals surface area contributed by atoms with Crippen LogP contribution in [0.3, 0.4) is 0 Å². The summed E-state index contributed by atoms with van der Waals surface area (Å²) < 4.78 is 15.9. The summed E-state index contributed by atoms with van der Waals surface area (Å²) in [5.41, 5.74) is -1.13. The molecule has 2 heterocycles. The van der Waals surface area contributed by atoms with Crippen molar-refractivity contribution in [2.45, 2.75) is 25.4 Å². The van der Waals surface area contributed by atoms with Crippen molar-refractivity contribution in [3.63, 3.8) is 0 Å². The van der Waals surface area contributed by atoms with Crippen LogP contribution < -0.4 is 14.8 Å². The van der Waals surface area contributed by atoms with E-state index in [-0.39, 0.29) is 13.2 Å². The van der Waals surface area contributed by atoms with Crippen molar-refractivity contribution in [3.05, 3.63) is 23.8 Å². The van der Waals surface area contributed by atoms with Crippen molar-refractivity contribution >= 4 is 17.8 Å². The van der Waals surface area contributed by atoms with E-state index in [1.165, 1.54) is 14.2 Å². The molecule has 1 aromatic rings. The van der Waals surface area contributed by atoms with Crippen LogP contribution in [-0.4, -0.2) is 67.3 Å². The molecule has 9 nitrogen and oxygen atoms in total. The fourth-order valence-corrected chi connectivity index (χ4v) is 4.37. The highest BCUT2D eigenvalue weighted by atomic mass is 16.5. The van der Waals surface area contributed by atoms with Gasteiger partial charge in [0, 0.05) is 24.2 Å². The van der Waals surface area contributed by atoms with Gasteiger partial charge < -0.3 is 19.3 Å². The summed E-state index contributed by atoms with van der Waals surface area (Å²) in [5.74, 6) is -2.59. The van der Waals surface area contributed by atoms with Crippen LogP contribution in [0.15, 0.2) is 18.2 Å². The Morgan fingerprint density at radius 2 is 1.93 bits per heavy atom. The zero-order valence-corrected chi connectivity index (χ0v) is 16.9. The third-order valence-electron chi connectivity index (χ3n) is 5.73. The molecule has 2 fully saturated rings. The maximum absolute atomic E-state index is 13.1. The Morgan fingerprint density at radius 1 is 1.21 bits per heavy atom. The molecule has 158 valence electrons. The first-order chi connectivity index (χ1) is 13.9. The number of aliphatic hydroxyl groups excluding tert-OH is 1. The molecule has 0 spiro atoms. The van der Waals surface area contributed by atoms with Crippen LogP contribution in [0.25, 0.3) is 0 Å². The van der Waals surface area contributed by atoms with Crippen LogP contribution in [0.4, 0.5) is 0 Å². The Kier molecular flexibility index (Phi) is 5.81. The number of methoxy groups -OCH3 is 2. The van der Waals surface area contributed by atoms with Gasteiger partial charge in [0.05, 0.1) is 39.3 Å². The number of fused-ring (bicyclic) bond motifs is 1. The summed E-state index contributed by atoms with van der Waals surface area (Å²) in [7, 11) is 3.00. The first-order valence-electron chi connectivity index (χ1n) is 9.53. The third-order valence-corrected chi connectivity index (χ3v) is 5.73. The molecule has 0 aromatic heterocycles. The lowest BCUT2D eigenvalue weighted by molar-refractivity contribution is -0.158. The second kappa shape index (κ2) is 8.00. The van der Waals surface area contributed by atoms with Crippen LogP contribution in [0.2, 0.25) is 0 Å². The van der Waals surface area contributed by atoms with E-state index >= 15 is 0 Å². The average molecular weight is 406 g/mol. The maximum atomic E-state index is 13.1. The van der Waals surface area contributed by atoms with Gasteiger partial charge in [-0.25, -0.2) is 4.79 Å². The summed E-state index contributed by atoms with van der Waals surface area (Å²) in [5, 5.41) is 13.3. The Morgan fingerprint density at radius 3 is 2.48 bits per heavy atom. The number of esters is 1. The monoisotopic (exact) mass is 406 g/mol. The van der Waals surface area contributed by atoms with Crippen LogP contribution >= 0.6 is 0 Å². The normalized spacial score (nSPS) is 28.4. The van der Waals surface area contributed by atoms with E-state index in [4.69, 9.17) is 14.2 Å². The SMILES string of the molecule is CCOC(=O)[C@]1(CO)N[C@@H](c2ccc(OC)cc2OC)[C@@H]2C(=O)N(CC)C(=O)[C@H]21. The minimum Gasteiger partial charge on any atom is -0.497 e. The number of aliphatic hydroxyl groups is 1. The molecule has 0 saturated carbocycles. The molecule has 3 rings (SSSR count).